The first kappa shape index (κ1) is 24.4. The van der Waals surface area contributed by atoms with E-state index in [2.05, 4.69) is 10.4 Å². The highest BCUT2D eigenvalue weighted by molar-refractivity contribution is 7.80. The van der Waals surface area contributed by atoms with Crippen LogP contribution in [-0.4, -0.2) is 44.8 Å². The molecule has 0 bridgehead atoms. The molecule has 2 aromatic carbocycles. The molecule has 9 heteroatoms. The van der Waals surface area contributed by atoms with E-state index in [4.69, 9.17) is 17.0 Å². The van der Waals surface area contributed by atoms with E-state index >= 15 is 0 Å². The first-order valence-corrected chi connectivity index (χ1v) is 11.7. The Hall–Kier alpha value is -3.72. The van der Waals surface area contributed by atoms with Gasteiger partial charge in [-0.2, -0.15) is 5.10 Å². The molecular weight excluding hydrogens is 462 g/mol. The summed E-state index contributed by atoms with van der Waals surface area (Å²) in [5.74, 6) is 0.187. The maximum atomic E-state index is 13.6. The fourth-order valence-electron chi connectivity index (χ4n) is 4.31. The third-order valence-corrected chi connectivity index (χ3v) is 6.68. The normalized spacial score (nSPS) is 15.5. The second kappa shape index (κ2) is 9.87. The van der Waals surface area contributed by atoms with Crippen molar-refractivity contribution in [3.63, 3.8) is 0 Å². The molecule has 182 valence electrons. The molecule has 1 aromatic heterocycles. The van der Waals surface area contributed by atoms with Crippen molar-refractivity contribution >= 4 is 40.5 Å². The first-order valence-electron chi connectivity index (χ1n) is 11.3. The minimum atomic E-state index is -0.736. The van der Waals surface area contributed by atoms with Crippen LogP contribution in [0.15, 0.2) is 48.5 Å². The van der Waals surface area contributed by atoms with Crippen molar-refractivity contribution < 1.29 is 14.3 Å². The highest BCUT2D eigenvalue weighted by Crippen LogP contribution is 2.29. The summed E-state index contributed by atoms with van der Waals surface area (Å²) in [7, 11) is 3.49. The molecule has 3 aromatic rings. The second-order valence-electron chi connectivity index (χ2n) is 8.69. The fraction of sp³-hybridized carbons (Fsp3) is 0.308. The summed E-state index contributed by atoms with van der Waals surface area (Å²) in [6, 6.07) is 14.0. The molecule has 0 aliphatic carbocycles. The van der Waals surface area contributed by atoms with Gasteiger partial charge in [-0.1, -0.05) is 12.1 Å². The quantitative estimate of drug-likeness (QED) is 0.414. The number of nitrogens with one attached hydrogen (secondary N) is 1. The summed E-state index contributed by atoms with van der Waals surface area (Å²) >= 11 is 5.79. The van der Waals surface area contributed by atoms with Crippen molar-refractivity contribution in [3.05, 3.63) is 71.0 Å². The van der Waals surface area contributed by atoms with Crippen LogP contribution in [0.25, 0.3) is 0 Å². The van der Waals surface area contributed by atoms with E-state index in [9.17, 15) is 9.59 Å². The molecule has 0 spiro atoms. The lowest BCUT2D eigenvalue weighted by Crippen LogP contribution is -2.46. The molecule has 35 heavy (non-hydrogen) atoms. The highest BCUT2D eigenvalue weighted by atomic mass is 32.1. The van der Waals surface area contributed by atoms with E-state index in [1.807, 2.05) is 75.0 Å². The molecule has 1 fully saturated rings. The van der Waals surface area contributed by atoms with Crippen molar-refractivity contribution in [1.29, 1.82) is 0 Å². The van der Waals surface area contributed by atoms with Crippen LogP contribution in [-0.2, 0) is 23.2 Å². The van der Waals surface area contributed by atoms with Gasteiger partial charge in [0.25, 0.3) is 5.91 Å². The molecule has 1 N–H and O–H groups in total. The highest BCUT2D eigenvalue weighted by Gasteiger charge is 2.44. The number of imide groups is 1. The molecule has 0 radical (unpaired) electrons. The second-order valence-corrected chi connectivity index (χ2v) is 9.07. The Morgan fingerprint density at radius 1 is 1.17 bits per heavy atom. The number of nitrogens with zero attached hydrogens (tertiary/aromatic N) is 4. The van der Waals surface area contributed by atoms with Gasteiger partial charge in [0.2, 0.25) is 5.91 Å². The monoisotopic (exact) mass is 491 g/mol. The van der Waals surface area contributed by atoms with Crippen molar-refractivity contribution in [2.24, 2.45) is 7.05 Å². The number of aromatic nitrogens is 2. The van der Waals surface area contributed by atoms with E-state index in [1.54, 1.807) is 18.1 Å². The van der Waals surface area contributed by atoms with Gasteiger partial charge in [-0.05, 0) is 75.0 Å². The predicted molar refractivity (Wildman–Crippen MR) is 140 cm³/mol. The molecule has 2 amide bonds. The van der Waals surface area contributed by atoms with Crippen molar-refractivity contribution in [3.8, 4) is 5.75 Å². The number of rotatable bonds is 6. The van der Waals surface area contributed by atoms with Crippen molar-refractivity contribution in [2.75, 3.05) is 17.3 Å². The van der Waals surface area contributed by atoms with Crippen LogP contribution < -0.4 is 15.0 Å². The summed E-state index contributed by atoms with van der Waals surface area (Å²) in [6.45, 7) is 6.19. The van der Waals surface area contributed by atoms with Crippen LogP contribution in [0.4, 0.5) is 11.4 Å². The molecule has 0 unspecified atom stereocenters. The Kier molecular flexibility index (Phi) is 6.88. The van der Waals surface area contributed by atoms with Crippen LogP contribution >= 0.6 is 12.2 Å². The Morgan fingerprint density at radius 3 is 2.49 bits per heavy atom. The molecule has 8 nitrogen and oxygen atoms in total. The van der Waals surface area contributed by atoms with Gasteiger partial charge >= 0.3 is 0 Å². The summed E-state index contributed by atoms with van der Waals surface area (Å²) in [5.41, 5.74) is 5.11. The van der Waals surface area contributed by atoms with Gasteiger partial charge in [0.1, 0.15) is 11.8 Å². The predicted octanol–water partition coefficient (Wildman–Crippen LogP) is 3.89. The Morgan fingerprint density at radius 2 is 1.89 bits per heavy atom. The number of anilines is 2. The number of thiocarbonyl (C=S) groups is 1. The minimum absolute atomic E-state index is 0.0373. The van der Waals surface area contributed by atoms with E-state index in [0.29, 0.717) is 17.3 Å². The number of ether oxygens (including phenoxy) is 1. The summed E-state index contributed by atoms with van der Waals surface area (Å²) in [6.07, 6.45) is 0.0373. The van der Waals surface area contributed by atoms with Crippen LogP contribution in [0.2, 0.25) is 0 Å². The number of carbonyl (C=O) groups excluding carboxylic acids is 2. The van der Waals surface area contributed by atoms with Crippen molar-refractivity contribution in [1.82, 2.24) is 14.7 Å². The lowest BCUT2D eigenvalue weighted by atomic mass is 10.1. The van der Waals surface area contributed by atoms with E-state index in [0.717, 1.165) is 34.0 Å². The number of hydrogen-bond donors (Lipinski definition) is 1. The largest absolute Gasteiger partial charge is 0.497 e. The Balaban J connectivity index is 1.67. The SMILES string of the molecule is COc1ccc(NC(=S)N(Cc2c(C)nn(C)c2C)[C@H]2CC(=O)N(c3cccc(C)c3)C2=O)cc1. The summed E-state index contributed by atoms with van der Waals surface area (Å²) in [4.78, 5) is 29.7. The van der Waals surface area contributed by atoms with Gasteiger partial charge in [-0.15, -0.1) is 0 Å². The van der Waals surface area contributed by atoms with E-state index < -0.39 is 6.04 Å². The van der Waals surface area contributed by atoms with Gasteiger partial charge in [-0.25, -0.2) is 4.90 Å². The summed E-state index contributed by atoms with van der Waals surface area (Å²) in [5, 5.41) is 8.09. The summed E-state index contributed by atoms with van der Waals surface area (Å²) < 4.78 is 7.04. The topological polar surface area (TPSA) is 79.7 Å². The van der Waals surface area contributed by atoms with Gasteiger partial charge in [0.15, 0.2) is 5.11 Å². The zero-order valence-electron chi connectivity index (χ0n) is 20.5. The number of carbonyl (C=O) groups is 2. The van der Waals surface area contributed by atoms with Gasteiger partial charge in [0, 0.05) is 30.5 Å². The third-order valence-electron chi connectivity index (χ3n) is 6.35. The van der Waals surface area contributed by atoms with E-state index in [-0.39, 0.29) is 18.2 Å². The maximum Gasteiger partial charge on any atom is 0.257 e. The zero-order chi connectivity index (χ0) is 25.3. The van der Waals surface area contributed by atoms with Gasteiger partial charge < -0.3 is 15.0 Å². The third kappa shape index (κ3) is 4.90. The first-order chi connectivity index (χ1) is 16.7. The standard InChI is InChI=1S/C26H29N5O3S/c1-16-7-6-8-20(13-16)31-24(32)14-23(25(31)33)30(15-22-17(2)28-29(4)18(22)3)26(35)27-19-9-11-21(34-5)12-10-19/h6-13,23H,14-15H2,1-5H3,(H,27,35)/t23-/m0/s1. The molecule has 4 rings (SSSR count). The molecule has 2 heterocycles. The maximum absolute atomic E-state index is 13.6. The average molecular weight is 492 g/mol. The molecular formula is C26H29N5O3S. The number of aryl methyl sites for hydroxylation is 3. The molecule has 1 aliphatic heterocycles. The Labute approximate surface area is 210 Å². The number of hydrogen-bond acceptors (Lipinski definition) is 5. The minimum Gasteiger partial charge on any atom is -0.497 e. The molecule has 1 saturated heterocycles. The van der Waals surface area contributed by atoms with Gasteiger partial charge in [0.05, 0.1) is 24.9 Å². The zero-order valence-corrected chi connectivity index (χ0v) is 21.3. The fourth-order valence-corrected chi connectivity index (χ4v) is 4.62. The number of amides is 2. The molecule has 0 saturated carbocycles. The van der Waals surface area contributed by atoms with Crippen molar-refractivity contribution in [2.45, 2.75) is 39.8 Å². The van der Waals surface area contributed by atoms with E-state index in [1.165, 1.54) is 4.90 Å². The van der Waals surface area contributed by atoms with Crippen LogP contribution in [0.3, 0.4) is 0 Å². The average Bonchev–Trinajstić information content (AvgIpc) is 3.25. The lowest BCUT2D eigenvalue weighted by molar-refractivity contribution is -0.122. The molecule has 1 aliphatic rings. The van der Waals surface area contributed by atoms with Crippen LogP contribution in [0.1, 0.15) is 28.9 Å². The number of methoxy groups -OCH3 is 1. The molecule has 1 atom stereocenters. The van der Waals surface area contributed by atoms with Crippen LogP contribution in [0, 0.1) is 20.8 Å². The van der Waals surface area contributed by atoms with Gasteiger partial charge in [-0.3, -0.25) is 14.3 Å². The Bertz CT molecular complexity index is 1280. The lowest BCUT2D eigenvalue weighted by Gasteiger charge is -2.30. The smallest absolute Gasteiger partial charge is 0.257 e. The number of benzene rings is 2. The van der Waals surface area contributed by atoms with Crippen LogP contribution in [0.5, 0.6) is 5.75 Å².